The Hall–Kier alpha value is -6.36. The summed E-state index contributed by atoms with van der Waals surface area (Å²) in [4.78, 5) is 10.6. The second-order valence-electron chi connectivity index (χ2n) is 5.25. The fraction of sp³-hybridized carbons (Fsp3) is 0. The molecule has 0 spiro atoms. The van der Waals surface area contributed by atoms with Crippen LogP contribution in [0, 0.1) is 0 Å². The lowest BCUT2D eigenvalue weighted by Gasteiger charge is -1.76. The number of hydrogen-bond acceptors (Lipinski definition) is 18. The lowest BCUT2D eigenvalue weighted by atomic mass is 10.7. The molecule has 0 atom stereocenters. The Balaban J connectivity index is 0.000000217. The number of nitrogen functional groups attached to an aromatic ring is 6. The van der Waals surface area contributed by atoms with E-state index in [1.54, 1.807) is 12.4 Å². The van der Waals surface area contributed by atoms with Crippen molar-refractivity contribution in [2.75, 3.05) is 34.4 Å². The van der Waals surface area contributed by atoms with E-state index in [1.165, 1.54) is 25.2 Å². The second kappa shape index (κ2) is 17.2. The SMILES string of the molecule is Nc1cn[nH]n1.Nc1n[nH]c(N)n1.Nc1n[nH]nc1N.Nc1ncn[nH]1.c1cn[nH]n1.c1nc[nH]n1. The molecule has 0 saturated carbocycles. The number of H-pyrrole nitrogens is 6. The van der Waals surface area contributed by atoms with Crippen LogP contribution in [0.2, 0.25) is 0 Å². The van der Waals surface area contributed by atoms with Crippen LogP contribution >= 0.6 is 0 Å². The zero-order chi connectivity index (χ0) is 26.4. The molecule has 6 aromatic rings. The van der Waals surface area contributed by atoms with Crippen LogP contribution in [0.15, 0.2) is 37.6 Å². The lowest BCUT2D eigenvalue weighted by molar-refractivity contribution is 0.940. The summed E-state index contributed by atoms with van der Waals surface area (Å²) in [5.74, 6) is 1.71. The van der Waals surface area contributed by atoms with Crippen LogP contribution in [0.3, 0.4) is 0 Å². The number of nitrogens with one attached hydrogen (secondary N) is 6. The normalized spacial score (nSPS) is 8.67. The molecule has 0 unspecified atom stereocenters. The highest BCUT2D eigenvalue weighted by Crippen LogP contribution is 2.00. The molecule has 18 N–H and O–H groups in total. The number of aromatic amines is 6. The van der Waals surface area contributed by atoms with Crippen LogP contribution in [0.25, 0.3) is 0 Å². The Labute approximate surface area is 199 Å². The summed E-state index contributed by atoms with van der Waals surface area (Å²) in [5.41, 5.74) is 30.5. The first-order chi connectivity index (χ1) is 17.4. The molecule has 0 aromatic carbocycles. The first kappa shape index (κ1) is 27.7. The van der Waals surface area contributed by atoms with Crippen LogP contribution in [0.5, 0.6) is 0 Å². The zero-order valence-corrected chi connectivity index (χ0v) is 18.3. The first-order valence-electron chi connectivity index (χ1n) is 9.04. The molecule has 0 saturated heterocycles. The van der Waals surface area contributed by atoms with Crippen molar-refractivity contribution >= 4 is 35.3 Å². The van der Waals surface area contributed by atoms with Gasteiger partial charge in [-0.25, -0.2) is 20.2 Å². The van der Waals surface area contributed by atoms with Crippen LogP contribution in [-0.2, 0) is 0 Å². The quantitative estimate of drug-likeness (QED) is 0.0946. The summed E-state index contributed by atoms with van der Waals surface area (Å²) in [7, 11) is 0. The van der Waals surface area contributed by atoms with Crippen molar-refractivity contribution in [2.45, 2.75) is 0 Å². The topological polar surface area (TPSA) is 406 Å². The first-order valence-corrected chi connectivity index (χ1v) is 9.04. The fourth-order valence-corrected chi connectivity index (χ4v) is 1.29. The van der Waals surface area contributed by atoms with Gasteiger partial charge in [-0.2, -0.15) is 46.1 Å². The van der Waals surface area contributed by atoms with Crippen LogP contribution in [0.4, 0.5) is 35.3 Å². The number of nitrogens with zero attached hydrogens (tertiary/aromatic N) is 12. The van der Waals surface area contributed by atoms with Gasteiger partial charge in [-0.3, -0.25) is 5.10 Å². The molecular formula is C12H24N24. The molecule has 0 fully saturated rings. The van der Waals surface area contributed by atoms with Crippen molar-refractivity contribution in [3.8, 4) is 0 Å². The number of rotatable bonds is 0. The van der Waals surface area contributed by atoms with E-state index in [0.717, 1.165) is 0 Å². The number of aromatic nitrogens is 18. The number of hydrogen-bond donors (Lipinski definition) is 12. The third-order valence-corrected chi connectivity index (χ3v) is 2.65. The Morgan fingerprint density at radius 2 is 1.33 bits per heavy atom. The molecule has 0 bridgehead atoms. The molecule has 0 aliphatic heterocycles. The molecule has 0 radical (unpaired) electrons. The Morgan fingerprint density at radius 3 is 1.50 bits per heavy atom. The van der Waals surface area contributed by atoms with Gasteiger partial charge in [0.05, 0.1) is 18.6 Å². The highest BCUT2D eigenvalue weighted by atomic mass is 15.4. The molecule has 6 rings (SSSR count). The molecule has 0 amide bonds. The third-order valence-electron chi connectivity index (χ3n) is 2.65. The van der Waals surface area contributed by atoms with Crippen molar-refractivity contribution in [1.82, 2.24) is 91.8 Å². The molecule has 0 aliphatic rings. The molecule has 24 nitrogen and oxygen atoms in total. The molecule has 6 aromatic heterocycles. The van der Waals surface area contributed by atoms with Crippen molar-refractivity contribution < 1.29 is 0 Å². The molecular weight excluding hydrogens is 480 g/mol. The predicted octanol–water partition coefficient (Wildman–Crippen LogP) is -3.68. The molecule has 6 heterocycles. The molecule has 36 heavy (non-hydrogen) atoms. The van der Waals surface area contributed by atoms with E-state index in [4.69, 9.17) is 34.4 Å². The summed E-state index contributed by atoms with van der Waals surface area (Å²) in [6, 6.07) is 0. The number of anilines is 6. The van der Waals surface area contributed by atoms with E-state index in [-0.39, 0.29) is 23.5 Å². The van der Waals surface area contributed by atoms with Gasteiger partial charge >= 0.3 is 0 Å². The van der Waals surface area contributed by atoms with E-state index in [2.05, 4.69) is 91.8 Å². The minimum absolute atomic E-state index is 0.178. The smallest absolute Gasteiger partial charge is 0.241 e. The highest BCUT2D eigenvalue weighted by Gasteiger charge is 1.92. The van der Waals surface area contributed by atoms with Crippen LogP contribution < -0.4 is 34.4 Å². The summed E-state index contributed by atoms with van der Waals surface area (Å²) < 4.78 is 0. The summed E-state index contributed by atoms with van der Waals surface area (Å²) >= 11 is 0. The average molecular weight is 504 g/mol. The van der Waals surface area contributed by atoms with Gasteiger partial charge in [0.1, 0.15) is 19.0 Å². The Bertz CT molecular complexity index is 1060. The van der Waals surface area contributed by atoms with E-state index in [0.29, 0.717) is 11.8 Å². The van der Waals surface area contributed by atoms with Gasteiger partial charge in [-0.05, 0) is 0 Å². The second-order valence-corrected chi connectivity index (χ2v) is 5.25. The van der Waals surface area contributed by atoms with E-state index >= 15 is 0 Å². The van der Waals surface area contributed by atoms with Gasteiger partial charge < -0.3 is 34.4 Å². The minimum Gasteiger partial charge on any atom is -0.381 e. The maximum absolute atomic E-state index is 5.11. The van der Waals surface area contributed by atoms with Crippen molar-refractivity contribution in [2.24, 2.45) is 0 Å². The summed E-state index contributed by atoms with van der Waals surface area (Å²) in [5, 5.41) is 45.3. The van der Waals surface area contributed by atoms with Gasteiger partial charge in [-0.15, -0.1) is 20.4 Å². The maximum Gasteiger partial charge on any atom is 0.241 e. The standard InChI is InChI=1S/2C2H5N5.2C2H4N4.2C2H3N3/c3-1-5-2(4)7-6-1;3-1-2(4)6-7-5-1;3-2-4-1-5-6-2;3-2-1-4-6-5-2;1-3-2-5-4-1;1-2-4-5-3-1/h2*(H5,3,4,5,6,7);2*1H,(H3,3,4,5,6);2*1-2H,(H,3,4,5). The summed E-state index contributed by atoms with van der Waals surface area (Å²) in [6.07, 6.45) is 8.93. The predicted molar refractivity (Wildman–Crippen MR) is 125 cm³/mol. The minimum atomic E-state index is 0.178. The van der Waals surface area contributed by atoms with Crippen LogP contribution in [-0.4, -0.2) is 91.8 Å². The van der Waals surface area contributed by atoms with Gasteiger partial charge in [-0.1, -0.05) is 0 Å². The van der Waals surface area contributed by atoms with E-state index in [9.17, 15) is 0 Å². The van der Waals surface area contributed by atoms with Crippen molar-refractivity contribution in [3.63, 3.8) is 0 Å². The largest absolute Gasteiger partial charge is 0.381 e. The molecule has 0 aliphatic carbocycles. The molecule has 24 heteroatoms. The monoisotopic (exact) mass is 504 g/mol. The van der Waals surface area contributed by atoms with Gasteiger partial charge in [0.2, 0.25) is 17.8 Å². The number of nitrogens with two attached hydrogens (primary N) is 6. The molecule has 192 valence electrons. The fourth-order valence-electron chi connectivity index (χ4n) is 1.29. The Kier molecular flexibility index (Phi) is 13.2. The van der Waals surface area contributed by atoms with Crippen molar-refractivity contribution in [1.29, 1.82) is 0 Å². The van der Waals surface area contributed by atoms with Gasteiger partial charge in [0.25, 0.3) is 0 Å². The maximum atomic E-state index is 5.11. The van der Waals surface area contributed by atoms with E-state index < -0.39 is 0 Å². The lowest BCUT2D eigenvalue weighted by Crippen LogP contribution is -1.91. The van der Waals surface area contributed by atoms with E-state index in [1.807, 2.05) is 0 Å². The van der Waals surface area contributed by atoms with Crippen molar-refractivity contribution in [3.05, 3.63) is 37.6 Å². The Morgan fingerprint density at radius 1 is 0.611 bits per heavy atom. The van der Waals surface area contributed by atoms with Crippen LogP contribution in [0.1, 0.15) is 0 Å². The average Bonchev–Trinajstić information content (AvgIpc) is 3.69. The third kappa shape index (κ3) is 14.6. The summed E-state index contributed by atoms with van der Waals surface area (Å²) in [6.45, 7) is 0. The zero-order valence-electron chi connectivity index (χ0n) is 18.3. The van der Waals surface area contributed by atoms with Gasteiger partial charge in [0.15, 0.2) is 17.5 Å². The highest BCUT2D eigenvalue weighted by molar-refractivity contribution is 5.49. The van der Waals surface area contributed by atoms with Gasteiger partial charge in [0, 0.05) is 0 Å².